The summed E-state index contributed by atoms with van der Waals surface area (Å²) in [5.74, 6) is 0.704. The Morgan fingerprint density at radius 2 is 1.87 bits per heavy atom. The number of rotatable bonds is 8. The predicted molar refractivity (Wildman–Crippen MR) is 136 cm³/mol. The van der Waals surface area contributed by atoms with Crippen LogP contribution in [0.5, 0.6) is 0 Å². The normalized spacial score (nSPS) is 15.1. The molecule has 1 saturated carbocycles. The number of benzene rings is 2. The zero-order valence-corrected chi connectivity index (χ0v) is 21.0. The van der Waals surface area contributed by atoms with Gasteiger partial charge in [0.2, 0.25) is 10.0 Å². The van der Waals surface area contributed by atoms with Crippen LogP contribution in [-0.4, -0.2) is 33.7 Å². The Hall–Kier alpha value is -1.52. The second kappa shape index (κ2) is 10.7. The molecule has 0 aliphatic heterocycles. The van der Waals surface area contributed by atoms with Crippen molar-refractivity contribution in [2.24, 2.45) is 4.99 Å². The van der Waals surface area contributed by atoms with E-state index in [-0.39, 0.29) is 29.4 Å². The van der Waals surface area contributed by atoms with Gasteiger partial charge in [0.05, 0.1) is 18.5 Å². The summed E-state index contributed by atoms with van der Waals surface area (Å²) < 4.78 is 25.7. The van der Waals surface area contributed by atoms with Crippen LogP contribution in [0.1, 0.15) is 30.9 Å². The molecule has 0 saturated heterocycles. The third-order valence-corrected chi connectivity index (χ3v) is 5.78. The predicted octanol–water partition coefficient (Wildman–Crippen LogP) is 4.12. The standard InChI is InChI=1S/C21H27ClN4O2S.HI/c1-3-23-20(24-14-16-7-4-5-10-19(16)26-29(2,27)28)25-15-21(11-12-21)17-8-6-9-18(22)13-17;/h4-10,13,26H,3,11-12,14-15H2,1-2H3,(H2,23,24,25);1H. The van der Waals surface area contributed by atoms with Crippen molar-refractivity contribution in [1.29, 1.82) is 0 Å². The van der Waals surface area contributed by atoms with E-state index in [0.29, 0.717) is 18.2 Å². The first-order valence-electron chi connectivity index (χ1n) is 9.65. The number of sulfonamides is 1. The van der Waals surface area contributed by atoms with Crippen molar-refractivity contribution in [3.63, 3.8) is 0 Å². The van der Waals surface area contributed by atoms with Gasteiger partial charge < -0.3 is 10.6 Å². The summed E-state index contributed by atoms with van der Waals surface area (Å²) >= 11 is 6.16. The highest BCUT2D eigenvalue weighted by Gasteiger charge is 2.44. The van der Waals surface area contributed by atoms with Crippen LogP contribution in [0.2, 0.25) is 5.02 Å². The highest BCUT2D eigenvalue weighted by atomic mass is 127. The summed E-state index contributed by atoms with van der Waals surface area (Å²) in [5, 5.41) is 7.45. The lowest BCUT2D eigenvalue weighted by molar-refractivity contribution is 0.606. The Balaban J connectivity index is 0.00000320. The van der Waals surface area contributed by atoms with Gasteiger partial charge in [0.1, 0.15) is 0 Å². The summed E-state index contributed by atoms with van der Waals surface area (Å²) in [6, 6.07) is 15.3. The summed E-state index contributed by atoms with van der Waals surface area (Å²) in [6.45, 7) is 3.88. The first kappa shape index (κ1) is 24.7. The zero-order valence-electron chi connectivity index (χ0n) is 17.1. The lowest BCUT2D eigenvalue weighted by Gasteiger charge is -2.19. The Morgan fingerprint density at radius 3 is 2.50 bits per heavy atom. The van der Waals surface area contributed by atoms with Crippen molar-refractivity contribution in [2.75, 3.05) is 24.1 Å². The molecule has 9 heteroatoms. The Kier molecular flexibility index (Phi) is 8.81. The highest BCUT2D eigenvalue weighted by Crippen LogP contribution is 2.48. The van der Waals surface area contributed by atoms with E-state index in [1.54, 1.807) is 12.1 Å². The van der Waals surface area contributed by atoms with Gasteiger partial charge in [-0.2, -0.15) is 0 Å². The maximum Gasteiger partial charge on any atom is 0.229 e. The Morgan fingerprint density at radius 1 is 1.13 bits per heavy atom. The minimum atomic E-state index is -3.34. The van der Waals surface area contributed by atoms with Crippen molar-refractivity contribution in [3.05, 3.63) is 64.7 Å². The van der Waals surface area contributed by atoms with Crippen LogP contribution >= 0.6 is 35.6 Å². The van der Waals surface area contributed by atoms with Crippen LogP contribution in [0.25, 0.3) is 0 Å². The average molecular weight is 563 g/mol. The molecule has 2 aromatic carbocycles. The second-order valence-corrected chi connectivity index (χ2v) is 9.56. The molecule has 0 heterocycles. The maximum atomic E-state index is 11.6. The van der Waals surface area contributed by atoms with Gasteiger partial charge in [-0.15, -0.1) is 24.0 Å². The molecule has 30 heavy (non-hydrogen) atoms. The molecule has 1 fully saturated rings. The molecule has 1 aliphatic rings. The van der Waals surface area contributed by atoms with Gasteiger partial charge in [0.25, 0.3) is 0 Å². The lowest BCUT2D eigenvalue weighted by atomic mass is 9.96. The summed E-state index contributed by atoms with van der Waals surface area (Å²) in [5.41, 5.74) is 2.70. The average Bonchev–Trinajstić information content (AvgIpc) is 3.45. The zero-order chi connectivity index (χ0) is 20.9. The molecule has 0 unspecified atom stereocenters. The van der Waals surface area contributed by atoms with E-state index in [1.165, 1.54) is 5.56 Å². The second-order valence-electron chi connectivity index (χ2n) is 7.37. The first-order valence-corrected chi connectivity index (χ1v) is 11.9. The number of aliphatic imine (C=N–C) groups is 1. The van der Waals surface area contributed by atoms with Crippen LogP contribution in [0, 0.1) is 0 Å². The molecule has 3 N–H and O–H groups in total. The molecule has 0 radical (unpaired) electrons. The highest BCUT2D eigenvalue weighted by molar-refractivity contribution is 14.0. The number of hydrogen-bond acceptors (Lipinski definition) is 3. The van der Waals surface area contributed by atoms with Gasteiger partial charge in [0.15, 0.2) is 5.96 Å². The fourth-order valence-electron chi connectivity index (χ4n) is 3.25. The monoisotopic (exact) mass is 562 g/mol. The van der Waals surface area contributed by atoms with Gasteiger partial charge in [-0.3, -0.25) is 4.72 Å². The van der Waals surface area contributed by atoms with E-state index in [4.69, 9.17) is 11.6 Å². The van der Waals surface area contributed by atoms with Gasteiger partial charge in [-0.1, -0.05) is 41.9 Å². The van der Waals surface area contributed by atoms with E-state index in [2.05, 4.69) is 26.4 Å². The molecule has 0 bridgehead atoms. The first-order chi connectivity index (χ1) is 13.8. The molecular formula is C21H28ClIN4O2S. The minimum Gasteiger partial charge on any atom is -0.357 e. The van der Waals surface area contributed by atoms with Crippen molar-refractivity contribution in [1.82, 2.24) is 10.6 Å². The quantitative estimate of drug-likeness (QED) is 0.257. The number of anilines is 1. The van der Waals surface area contributed by atoms with E-state index < -0.39 is 10.0 Å². The molecule has 0 amide bonds. The Bertz CT molecular complexity index is 994. The number of hydrogen-bond donors (Lipinski definition) is 3. The number of para-hydroxylation sites is 1. The van der Waals surface area contributed by atoms with Crippen LogP contribution < -0.4 is 15.4 Å². The van der Waals surface area contributed by atoms with Gasteiger partial charge in [0, 0.05) is 23.5 Å². The molecular weight excluding hydrogens is 535 g/mol. The number of nitrogens with zero attached hydrogens (tertiary/aromatic N) is 1. The molecule has 1 aliphatic carbocycles. The topological polar surface area (TPSA) is 82.6 Å². The molecule has 0 atom stereocenters. The maximum absolute atomic E-state index is 11.6. The van der Waals surface area contributed by atoms with Crippen LogP contribution in [-0.2, 0) is 22.0 Å². The van der Waals surface area contributed by atoms with Gasteiger partial charge in [-0.25, -0.2) is 13.4 Å². The molecule has 164 valence electrons. The largest absolute Gasteiger partial charge is 0.357 e. The van der Waals surface area contributed by atoms with Crippen LogP contribution in [0.3, 0.4) is 0 Å². The number of guanidine groups is 1. The molecule has 6 nitrogen and oxygen atoms in total. The fourth-order valence-corrected chi connectivity index (χ4v) is 4.04. The molecule has 0 aromatic heterocycles. The van der Waals surface area contributed by atoms with Gasteiger partial charge in [-0.05, 0) is 49.1 Å². The van der Waals surface area contributed by atoms with Crippen molar-refractivity contribution in [2.45, 2.75) is 31.7 Å². The summed E-state index contributed by atoms with van der Waals surface area (Å²) in [6.07, 6.45) is 3.37. The fraction of sp³-hybridized carbons (Fsp3) is 0.381. The summed E-state index contributed by atoms with van der Waals surface area (Å²) in [7, 11) is -3.34. The molecule has 3 rings (SSSR count). The Labute approximate surface area is 201 Å². The van der Waals surface area contributed by atoms with Crippen molar-refractivity contribution >= 4 is 57.2 Å². The third-order valence-electron chi connectivity index (χ3n) is 4.95. The van der Waals surface area contributed by atoms with Crippen LogP contribution in [0.4, 0.5) is 5.69 Å². The minimum absolute atomic E-state index is 0. The summed E-state index contributed by atoms with van der Waals surface area (Å²) in [4.78, 5) is 4.65. The van der Waals surface area contributed by atoms with E-state index in [1.807, 2.05) is 37.3 Å². The van der Waals surface area contributed by atoms with Gasteiger partial charge >= 0.3 is 0 Å². The van der Waals surface area contributed by atoms with E-state index in [9.17, 15) is 8.42 Å². The SMILES string of the molecule is CCNC(=NCc1ccccc1NS(C)(=O)=O)NCC1(c2cccc(Cl)c2)CC1.I. The smallest absolute Gasteiger partial charge is 0.229 e. The van der Waals surface area contributed by atoms with E-state index >= 15 is 0 Å². The van der Waals surface area contributed by atoms with Crippen LogP contribution in [0.15, 0.2) is 53.5 Å². The lowest BCUT2D eigenvalue weighted by Crippen LogP contribution is -2.41. The molecule has 0 spiro atoms. The number of halogens is 2. The molecule has 2 aromatic rings. The van der Waals surface area contributed by atoms with Crippen molar-refractivity contribution < 1.29 is 8.42 Å². The van der Waals surface area contributed by atoms with E-state index in [0.717, 1.165) is 42.8 Å². The number of nitrogens with one attached hydrogen (secondary N) is 3. The third kappa shape index (κ3) is 7.02. The van der Waals surface area contributed by atoms with Crippen molar-refractivity contribution in [3.8, 4) is 0 Å².